The first kappa shape index (κ1) is 22.0. The number of benzene rings is 3. The lowest BCUT2D eigenvalue weighted by atomic mass is 9.80. The summed E-state index contributed by atoms with van der Waals surface area (Å²) in [6.45, 7) is 0. The number of aliphatic hydroxyl groups excluding tert-OH is 1. The highest BCUT2D eigenvalue weighted by Crippen LogP contribution is 2.48. The predicted molar refractivity (Wildman–Crippen MR) is 137 cm³/mol. The highest BCUT2D eigenvalue weighted by atomic mass is 35.5. The second-order valence-corrected chi connectivity index (χ2v) is 9.14. The number of anilines is 2. The summed E-state index contributed by atoms with van der Waals surface area (Å²) in [5, 5.41) is 15.5. The molecule has 0 saturated carbocycles. The van der Waals surface area contributed by atoms with E-state index in [9.17, 15) is 19.5 Å². The summed E-state index contributed by atoms with van der Waals surface area (Å²) in [5.41, 5.74) is 0.0800. The molecule has 0 radical (unpaired) electrons. The Labute approximate surface area is 210 Å². The maximum atomic E-state index is 13.9. The van der Waals surface area contributed by atoms with Crippen molar-refractivity contribution in [2.24, 2.45) is 0 Å². The molecule has 1 saturated heterocycles. The second-order valence-electron chi connectivity index (χ2n) is 8.70. The summed E-state index contributed by atoms with van der Waals surface area (Å²) in [4.78, 5) is 46.7. The molecule has 4 aromatic rings. The van der Waals surface area contributed by atoms with Crippen molar-refractivity contribution in [1.29, 1.82) is 0 Å². The first-order valence-electron chi connectivity index (χ1n) is 11.2. The van der Waals surface area contributed by atoms with Crippen LogP contribution in [0.2, 0.25) is 5.02 Å². The number of hydrogen-bond acceptors (Lipinski definition) is 5. The Bertz CT molecular complexity index is 1630. The van der Waals surface area contributed by atoms with E-state index in [1.807, 2.05) is 30.3 Å². The molecule has 0 spiro atoms. The smallest absolute Gasteiger partial charge is 0.300 e. The van der Waals surface area contributed by atoms with E-state index in [1.54, 1.807) is 42.5 Å². The maximum Gasteiger partial charge on any atom is 0.300 e. The molecular weight excluding hydrogens is 478 g/mol. The molecule has 0 aliphatic carbocycles. The van der Waals surface area contributed by atoms with Gasteiger partial charge >= 0.3 is 5.91 Å². The van der Waals surface area contributed by atoms with E-state index in [-0.39, 0.29) is 17.6 Å². The van der Waals surface area contributed by atoms with Crippen LogP contribution >= 0.6 is 11.6 Å². The van der Waals surface area contributed by atoms with Crippen molar-refractivity contribution in [3.8, 4) is 0 Å². The first-order valence-corrected chi connectivity index (χ1v) is 11.6. The van der Waals surface area contributed by atoms with Crippen molar-refractivity contribution in [2.45, 2.75) is 12.0 Å². The average Bonchev–Trinajstić information content (AvgIpc) is 3.11. The number of aromatic nitrogens is 1. The minimum Gasteiger partial charge on any atom is -0.507 e. The molecule has 1 fully saturated rings. The standard InChI is InChI=1S/C28H18ClN3O4/c29-18-12-9-17(10-13-18)24(33)23-25(34)26(35)32-22-8-4-3-7-21(22)31-27(36)28(23,32)15-19-14-11-16-5-1-2-6-20(16)30-19/h1-14,33H,15H2,(H,31,36)/b24-23-. The van der Waals surface area contributed by atoms with Crippen LogP contribution in [0.1, 0.15) is 11.3 Å². The van der Waals surface area contributed by atoms with Crippen LogP contribution in [0.25, 0.3) is 16.7 Å². The Morgan fingerprint density at radius 2 is 1.64 bits per heavy atom. The molecule has 0 bridgehead atoms. The van der Waals surface area contributed by atoms with Gasteiger partial charge in [0.25, 0.3) is 11.7 Å². The quantitative estimate of drug-likeness (QED) is 0.244. The van der Waals surface area contributed by atoms with E-state index >= 15 is 0 Å². The number of fused-ring (bicyclic) bond motifs is 4. The molecule has 36 heavy (non-hydrogen) atoms. The Kier molecular flexibility index (Phi) is 4.91. The fraction of sp³-hybridized carbons (Fsp3) is 0.0714. The molecule has 2 aliphatic heterocycles. The molecule has 8 heteroatoms. The van der Waals surface area contributed by atoms with Gasteiger partial charge in [-0.2, -0.15) is 0 Å². The molecule has 3 heterocycles. The van der Waals surface area contributed by atoms with Crippen LogP contribution in [-0.4, -0.2) is 33.2 Å². The van der Waals surface area contributed by atoms with Crippen molar-refractivity contribution in [3.05, 3.63) is 107 Å². The van der Waals surface area contributed by atoms with Crippen LogP contribution in [0.5, 0.6) is 0 Å². The van der Waals surface area contributed by atoms with Crippen LogP contribution in [0.15, 0.2) is 90.5 Å². The van der Waals surface area contributed by atoms with Crippen molar-refractivity contribution >= 4 is 57.2 Å². The van der Waals surface area contributed by atoms with Crippen LogP contribution in [-0.2, 0) is 20.8 Å². The minimum absolute atomic E-state index is 0.123. The van der Waals surface area contributed by atoms with Gasteiger partial charge in [-0.25, -0.2) is 0 Å². The lowest BCUT2D eigenvalue weighted by molar-refractivity contribution is -0.132. The number of hydrogen-bond donors (Lipinski definition) is 2. The molecule has 2 amide bonds. The molecule has 7 nitrogen and oxygen atoms in total. The average molecular weight is 496 g/mol. The van der Waals surface area contributed by atoms with E-state index in [1.165, 1.54) is 17.0 Å². The van der Waals surface area contributed by atoms with Crippen LogP contribution < -0.4 is 10.2 Å². The number of carbonyl (C=O) groups is 3. The molecule has 1 aromatic heterocycles. The first-order chi connectivity index (χ1) is 17.4. The van der Waals surface area contributed by atoms with Crippen LogP contribution in [0.3, 0.4) is 0 Å². The number of para-hydroxylation sites is 3. The fourth-order valence-electron chi connectivity index (χ4n) is 4.98. The number of aliphatic hydroxyl groups is 1. The van der Waals surface area contributed by atoms with Crippen molar-refractivity contribution < 1.29 is 19.5 Å². The van der Waals surface area contributed by atoms with Gasteiger partial charge in [0.2, 0.25) is 0 Å². The molecule has 6 rings (SSSR count). The van der Waals surface area contributed by atoms with Gasteiger partial charge in [-0.3, -0.25) is 24.3 Å². The monoisotopic (exact) mass is 495 g/mol. The van der Waals surface area contributed by atoms with E-state index in [4.69, 9.17) is 16.6 Å². The highest BCUT2D eigenvalue weighted by Gasteiger charge is 2.64. The number of carbonyl (C=O) groups excluding carboxylic acids is 3. The Balaban J connectivity index is 1.62. The molecular formula is C28H18ClN3O4. The predicted octanol–water partition coefficient (Wildman–Crippen LogP) is 4.71. The number of nitrogens with one attached hydrogen (secondary N) is 1. The number of nitrogens with zero attached hydrogens (tertiary/aromatic N) is 2. The number of halogens is 1. The van der Waals surface area contributed by atoms with E-state index in [0.29, 0.717) is 27.6 Å². The zero-order valence-electron chi connectivity index (χ0n) is 18.7. The third-order valence-electron chi connectivity index (χ3n) is 6.64. The van der Waals surface area contributed by atoms with Crippen molar-refractivity contribution in [1.82, 2.24) is 4.98 Å². The van der Waals surface area contributed by atoms with Gasteiger partial charge in [0.05, 0.1) is 22.5 Å². The lowest BCUT2D eigenvalue weighted by Crippen LogP contribution is -2.60. The Morgan fingerprint density at radius 1 is 0.917 bits per heavy atom. The third-order valence-corrected chi connectivity index (χ3v) is 6.89. The molecule has 2 N–H and O–H groups in total. The molecule has 1 unspecified atom stereocenters. The number of ketones is 1. The summed E-state index contributed by atoms with van der Waals surface area (Å²) >= 11 is 6.00. The molecule has 176 valence electrons. The summed E-state index contributed by atoms with van der Waals surface area (Å²) < 4.78 is 0. The third kappa shape index (κ3) is 3.13. The van der Waals surface area contributed by atoms with Crippen molar-refractivity contribution in [2.75, 3.05) is 10.2 Å². The van der Waals surface area contributed by atoms with Crippen molar-refractivity contribution in [3.63, 3.8) is 0 Å². The SMILES string of the molecule is O=C1C(=O)N2c3ccccc3NC(=O)C2(Cc2ccc3ccccc3n2)/C1=C(\O)c1ccc(Cl)cc1. The molecule has 3 aromatic carbocycles. The van der Waals surface area contributed by atoms with Gasteiger partial charge in [0.1, 0.15) is 5.76 Å². The summed E-state index contributed by atoms with van der Waals surface area (Å²) in [5.74, 6) is -2.91. The second kappa shape index (κ2) is 8.03. The number of pyridine rings is 1. The topological polar surface area (TPSA) is 99.6 Å². The number of rotatable bonds is 3. The summed E-state index contributed by atoms with van der Waals surface area (Å²) in [6, 6.07) is 24.1. The number of Topliss-reactive ketones (excluding diaryl/α,β-unsaturated/α-hetero) is 1. The van der Waals surface area contributed by atoms with E-state index in [2.05, 4.69) is 5.32 Å². The van der Waals surface area contributed by atoms with Gasteiger partial charge < -0.3 is 10.4 Å². The van der Waals surface area contributed by atoms with E-state index in [0.717, 1.165) is 5.39 Å². The zero-order chi connectivity index (χ0) is 25.0. The van der Waals surface area contributed by atoms with Gasteiger partial charge in [0, 0.05) is 28.1 Å². The Morgan fingerprint density at radius 3 is 2.44 bits per heavy atom. The summed E-state index contributed by atoms with van der Waals surface area (Å²) in [6.07, 6.45) is -0.123. The zero-order valence-corrected chi connectivity index (χ0v) is 19.5. The van der Waals surface area contributed by atoms with Crippen LogP contribution in [0.4, 0.5) is 11.4 Å². The van der Waals surface area contributed by atoms with E-state index < -0.39 is 28.9 Å². The van der Waals surface area contributed by atoms with Gasteiger partial charge in [-0.1, -0.05) is 48.0 Å². The van der Waals surface area contributed by atoms with Gasteiger partial charge in [-0.05, 0) is 48.5 Å². The fourth-order valence-corrected chi connectivity index (χ4v) is 5.11. The van der Waals surface area contributed by atoms with Gasteiger partial charge in [-0.15, -0.1) is 0 Å². The largest absolute Gasteiger partial charge is 0.507 e. The normalized spacial score (nSPS) is 20.2. The summed E-state index contributed by atoms with van der Waals surface area (Å²) in [7, 11) is 0. The lowest BCUT2D eigenvalue weighted by Gasteiger charge is -2.41. The van der Waals surface area contributed by atoms with Crippen LogP contribution in [0, 0.1) is 0 Å². The number of amides is 2. The maximum absolute atomic E-state index is 13.9. The molecule has 2 aliphatic rings. The minimum atomic E-state index is -1.85. The highest BCUT2D eigenvalue weighted by molar-refractivity contribution is 6.55. The Hall–Kier alpha value is -4.49. The molecule has 1 atom stereocenters. The van der Waals surface area contributed by atoms with Gasteiger partial charge in [0.15, 0.2) is 5.54 Å².